The first-order valence-electron chi connectivity index (χ1n) is 10.3. The Labute approximate surface area is 180 Å². The van der Waals surface area contributed by atoms with Crippen molar-refractivity contribution in [3.8, 4) is 22.3 Å². The van der Waals surface area contributed by atoms with Crippen LogP contribution < -0.4 is 0 Å². The highest BCUT2D eigenvalue weighted by molar-refractivity contribution is 6.31. The maximum absolute atomic E-state index is 6.50. The number of aryl methyl sites for hydroxylation is 1. The number of benzene rings is 4. The minimum absolute atomic E-state index is 0.139. The van der Waals surface area contributed by atoms with Gasteiger partial charge >= 0.3 is 0 Å². The summed E-state index contributed by atoms with van der Waals surface area (Å²) in [4.78, 5) is 0. The molecule has 0 N–H and O–H groups in total. The van der Waals surface area contributed by atoms with E-state index in [2.05, 4.69) is 81.4 Å². The Balaban J connectivity index is 1.85. The lowest BCUT2D eigenvalue weighted by molar-refractivity contribution is 0.657. The highest BCUT2D eigenvalue weighted by Crippen LogP contribution is 2.55. The van der Waals surface area contributed by atoms with Crippen molar-refractivity contribution in [3.05, 3.63) is 94.5 Å². The standard InChI is InChI=1S/C28H21ClO/c1-16-8-4-5-9-18(16)21-15-23-25(19-13-12-17(29)14-22(19)28(23,2)3)26-20-10-6-7-11-24(20)30-27(21)26/h4-15H,1-3H3. The summed E-state index contributed by atoms with van der Waals surface area (Å²) in [7, 11) is 0. The van der Waals surface area contributed by atoms with Gasteiger partial charge in [-0.25, -0.2) is 0 Å². The zero-order valence-electron chi connectivity index (χ0n) is 17.2. The summed E-state index contributed by atoms with van der Waals surface area (Å²) < 4.78 is 6.50. The normalized spacial score (nSPS) is 14.3. The van der Waals surface area contributed by atoms with Crippen molar-refractivity contribution < 1.29 is 4.42 Å². The van der Waals surface area contributed by atoms with Crippen molar-refractivity contribution in [2.45, 2.75) is 26.2 Å². The van der Waals surface area contributed by atoms with Crippen LogP contribution >= 0.6 is 11.6 Å². The fourth-order valence-corrected chi connectivity index (χ4v) is 5.32. The summed E-state index contributed by atoms with van der Waals surface area (Å²) in [6.45, 7) is 6.75. The monoisotopic (exact) mass is 408 g/mol. The Kier molecular flexibility index (Phi) is 3.56. The highest BCUT2D eigenvalue weighted by atomic mass is 35.5. The second-order valence-electron chi connectivity index (χ2n) is 8.78. The second kappa shape index (κ2) is 6.00. The molecule has 5 aromatic rings. The molecule has 0 radical (unpaired) electrons. The third-order valence-electron chi connectivity index (χ3n) is 6.68. The molecular formula is C28H21ClO. The number of hydrogen-bond donors (Lipinski definition) is 0. The van der Waals surface area contributed by atoms with Gasteiger partial charge in [0, 0.05) is 26.8 Å². The topological polar surface area (TPSA) is 13.1 Å². The van der Waals surface area contributed by atoms with Gasteiger partial charge in [0.1, 0.15) is 11.2 Å². The molecule has 1 aliphatic rings. The molecule has 4 aromatic carbocycles. The maximum atomic E-state index is 6.50. The van der Waals surface area contributed by atoms with E-state index in [0.29, 0.717) is 0 Å². The van der Waals surface area contributed by atoms with Crippen molar-refractivity contribution in [1.29, 1.82) is 0 Å². The van der Waals surface area contributed by atoms with E-state index in [-0.39, 0.29) is 5.41 Å². The van der Waals surface area contributed by atoms with Gasteiger partial charge in [0.25, 0.3) is 0 Å². The second-order valence-corrected chi connectivity index (χ2v) is 9.22. The molecule has 0 spiro atoms. The Morgan fingerprint density at radius 1 is 0.767 bits per heavy atom. The fraction of sp³-hybridized carbons (Fsp3) is 0.143. The third-order valence-corrected chi connectivity index (χ3v) is 6.92. The Morgan fingerprint density at radius 2 is 1.53 bits per heavy atom. The predicted octanol–water partition coefficient (Wildman–Crippen LogP) is 8.52. The van der Waals surface area contributed by atoms with E-state index in [0.717, 1.165) is 27.1 Å². The molecule has 0 amide bonds. The van der Waals surface area contributed by atoms with Crippen LogP contribution in [0.2, 0.25) is 5.02 Å². The molecular weight excluding hydrogens is 388 g/mol. The average molecular weight is 409 g/mol. The lowest BCUT2D eigenvalue weighted by Gasteiger charge is -2.22. The van der Waals surface area contributed by atoms with Crippen molar-refractivity contribution in [2.75, 3.05) is 0 Å². The predicted molar refractivity (Wildman–Crippen MR) is 126 cm³/mol. The van der Waals surface area contributed by atoms with Gasteiger partial charge in [-0.15, -0.1) is 0 Å². The van der Waals surface area contributed by atoms with Crippen LogP contribution in [-0.4, -0.2) is 0 Å². The molecule has 30 heavy (non-hydrogen) atoms. The quantitative estimate of drug-likeness (QED) is 0.271. The smallest absolute Gasteiger partial charge is 0.143 e. The van der Waals surface area contributed by atoms with Crippen molar-refractivity contribution in [3.63, 3.8) is 0 Å². The van der Waals surface area contributed by atoms with Crippen molar-refractivity contribution in [1.82, 2.24) is 0 Å². The zero-order valence-corrected chi connectivity index (χ0v) is 18.0. The number of para-hydroxylation sites is 1. The van der Waals surface area contributed by atoms with E-state index >= 15 is 0 Å². The largest absolute Gasteiger partial charge is 0.455 e. The summed E-state index contributed by atoms with van der Waals surface area (Å²) >= 11 is 6.42. The molecule has 0 unspecified atom stereocenters. The van der Waals surface area contributed by atoms with Crippen LogP contribution in [-0.2, 0) is 5.41 Å². The average Bonchev–Trinajstić information content (AvgIpc) is 3.22. The first-order chi connectivity index (χ1) is 14.5. The summed E-state index contributed by atoms with van der Waals surface area (Å²) in [6.07, 6.45) is 0. The van der Waals surface area contributed by atoms with Crippen LogP contribution in [0.3, 0.4) is 0 Å². The SMILES string of the molecule is Cc1ccccc1-c1cc2c(c3c1oc1ccccc13)-c1ccc(Cl)cc1C2(C)C. The number of rotatable bonds is 1. The Bertz CT molecular complexity index is 1490. The molecule has 1 nitrogen and oxygen atoms in total. The summed E-state index contributed by atoms with van der Waals surface area (Å²) in [5, 5.41) is 3.15. The van der Waals surface area contributed by atoms with Crippen LogP contribution in [0.4, 0.5) is 0 Å². The number of furan rings is 1. The van der Waals surface area contributed by atoms with E-state index < -0.39 is 0 Å². The molecule has 146 valence electrons. The van der Waals surface area contributed by atoms with Crippen LogP contribution in [0.1, 0.15) is 30.5 Å². The van der Waals surface area contributed by atoms with E-state index in [4.69, 9.17) is 16.0 Å². The molecule has 0 saturated carbocycles. The summed E-state index contributed by atoms with van der Waals surface area (Å²) in [5.74, 6) is 0. The molecule has 0 saturated heterocycles. The third kappa shape index (κ3) is 2.24. The molecule has 6 rings (SSSR count). The summed E-state index contributed by atoms with van der Waals surface area (Å²) in [5.41, 5.74) is 10.5. The minimum Gasteiger partial charge on any atom is -0.455 e. The van der Waals surface area contributed by atoms with Gasteiger partial charge in [0.2, 0.25) is 0 Å². The van der Waals surface area contributed by atoms with E-state index in [1.807, 2.05) is 12.1 Å². The molecule has 1 aliphatic carbocycles. The van der Waals surface area contributed by atoms with Crippen LogP contribution in [0.25, 0.3) is 44.2 Å². The lowest BCUT2D eigenvalue weighted by atomic mass is 9.81. The van der Waals surface area contributed by atoms with Gasteiger partial charge in [0.05, 0.1) is 0 Å². The zero-order chi connectivity index (χ0) is 20.6. The number of hydrogen-bond acceptors (Lipinski definition) is 1. The summed E-state index contributed by atoms with van der Waals surface area (Å²) in [6, 6.07) is 25.5. The molecule has 2 heteroatoms. The number of halogens is 1. The van der Waals surface area contributed by atoms with Crippen LogP contribution in [0.5, 0.6) is 0 Å². The lowest BCUT2D eigenvalue weighted by Crippen LogP contribution is -2.15. The van der Waals surface area contributed by atoms with Crippen molar-refractivity contribution >= 4 is 33.5 Å². The molecule has 1 heterocycles. The van der Waals surface area contributed by atoms with E-state index in [9.17, 15) is 0 Å². The van der Waals surface area contributed by atoms with E-state index in [1.54, 1.807) is 0 Å². The van der Waals surface area contributed by atoms with Gasteiger partial charge in [-0.05, 0) is 64.6 Å². The van der Waals surface area contributed by atoms with Gasteiger partial charge in [-0.2, -0.15) is 0 Å². The molecule has 0 fully saturated rings. The maximum Gasteiger partial charge on any atom is 0.143 e. The first-order valence-corrected chi connectivity index (χ1v) is 10.7. The highest BCUT2D eigenvalue weighted by Gasteiger charge is 2.38. The molecule has 0 bridgehead atoms. The Morgan fingerprint density at radius 3 is 2.37 bits per heavy atom. The van der Waals surface area contributed by atoms with E-state index in [1.165, 1.54) is 38.8 Å². The van der Waals surface area contributed by atoms with Gasteiger partial charge in [-0.3, -0.25) is 0 Å². The molecule has 0 aliphatic heterocycles. The Hall–Kier alpha value is -3.03. The fourth-order valence-electron chi connectivity index (χ4n) is 5.14. The first kappa shape index (κ1) is 17.8. The van der Waals surface area contributed by atoms with Gasteiger partial charge < -0.3 is 4.42 Å². The van der Waals surface area contributed by atoms with Crippen LogP contribution in [0, 0.1) is 6.92 Å². The number of fused-ring (bicyclic) bond motifs is 7. The molecule has 0 atom stereocenters. The van der Waals surface area contributed by atoms with Gasteiger partial charge in [-0.1, -0.05) is 74.0 Å². The van der Waals surface area contributed by atoms with Crippen LogP contribution in [0.15, 0.2) is 77.2 Å². The van der Waals surface area contributed by atoms with Crippen molar-refractivity contribution in [2.24, 2.45) is 0 Å². The minimum atomic E-state index is -0.139. The molecule has 1 aromatic heterocycles. The van der Waals surface area contributed by atoms with Gasteiger partial charge in [0.15, 0.2) is 0 Å².